The van der Waals surface area contributed by atoms with Gasteiger partial charge in [-0.2, -0.15) is 0 Å². The first-order valence-corrected chi connectivity index (χ1v) is 7.41. The minimum absolute atomic E-state index is 0.203. The van der Waals surface area contributed by atoms with Crippen LogP contribution in [0.3, 0.4) is 0 Å². The summed E-state index contributed by atoms with van der Waals surface area (Å²) in [6, 6.07) is 4.83. The maximum atomic E-state index is 13.7. The van der Waals surface area contributed by atoms with Gasteiger partial charge in [-0.3, -0.25) is 14.6 Å². The molecule has 1 unspecified atom stereocenters. The van der Waals surface area contributed by atoms with E-state index in [1.165, 1.54) is 20.3 Å². The average Bonchev–Trinajstić information content (AvgIpc) is 2.54. The van der Waals surface area contributed by atoms with Crippen molar-refractivity contribution in [1.29, 1.82) is 0 Å². The van der Waals surface area contributed by atoms with E-state index < -0.39 is 0 Å². The van der Waals surface area contributed by atoms with Crippen LogP contribution in [0, 0.1) is 5.82 Å². The maximum absolute atomic E-state index is 13.7. The summed E-state index contributed by atoms with van der Waals surface area (Å²) in [7, 11) is 2.87. The van der Waals surface area contributed by atoms with Crippen molar-refractivity contribution in [3.05, 3.63) is 29.6 Å². The number of piperazine rings is 1. The quantitative estimate of drug-likeness (QED) is 0.771. The van der Waals surface area contributed by atoms with Gasteiger partial charge >= 0.3 is 5.97 Å². The van der Waals surface area contributed by atoms with Crippen LogP contribution >= 0.6 is 0 Å². The molecule has 1 heterocycles. The van der Waals surface area contributed by atoms with Crippen molar-refractivity contribution in [2.75, 3.05) is 40.4 Å². The molecular formula is C16H23FN2O3. The van der Waals surface area contributed by atoms with Crippen molar-refractivity contribution in [1.82, 2.24) is 9.80 Å². The van der Waals surface area contributed by atoms with Gasteiger partial charge in [0.15, 0.2) is 11.6 Å². The molecule has 6 heteroatoms. The number of hydrogen-bond donors (Lipinski definition) is 0. The molecule has 1 aliphatic rings. The number of hydrogen-bond acceptors (Lipinski definition) is 5. The molecule has 0 radical (unpaired) electrons. The molecule has 1 atom stereocenters. The van der Waals surface area contributed by atoms with Gasteiger partial charge in [0.05, 0.1) is 14.2 Å². The van der Waals surface area contributed by atoms with Crippen LogP contribution in [0.1, 0.15) is 12.5 Å². The van der Waals surface area contributed by atoms with Gasteiger partial charge in [0, 0.05) is 32.7 Å². The van der Waals surface area contributed by atoms with Gasteiger partial charge < -0.3 is 9.47 Å². The van der Waals surface area contributed by atoms with Crippen LogP contribution in [-0.2, 0) is 16.1 Å². The second-order valence-electron chi connectivity index (χ2n) is 5.48. The zero-order chi connectivity index (χ0) is 16.1. The summed E-state index contributed by atoms with van der Waals surface area (Å²) < 4.78 is 23.4. The van der Waals surface area contributed by atoms with Gasteiger partial charge in [-0.1, -0.05) is 6.07 Å². The zero-order valence-electron chi connectivity index (χ0n) is 13.3. The molecule has 1 aliphatic heterocycles. The van der Waals surface area contributed by atoms with E-state index in [9.17, 15) is 9.18 Å². The maximum Gasteiger partial charge on any atom is 0.322 e. The minimum Gasteiger partial charge on any atom is -0.494 e. The Kier molecular flexibility index (Phi) is 5.74. The number of methoxy groups -OCH3 is 2. The van der Waals surface area contributed by atoms with Crippen molar-refractivity contribution >= 4 is 5.97 Å². The smallest absolute Gasteiger partial charge is 0.322 e. The highest BCUT2D eigenvalue weighted by Crippen LogP contribution is 2.19. The molecule has 0 saturated carbocycles. The number of ether oxygens (including phenoxy) is 2. The van der Waals surface area contributed by atoms with Crippen molar-refractivity contribution in [2.45, 2.75) is 19.5 Å². The fraction of sp³-hybridized carbons (Fsp3) is 0.562. The van der Waals surface area contributed by atoms with Crippen molar-refractivity contribution in [3.8, 4) is 5.75 Å². The summed E-state index contributed by atoms with van der Waals surface area (Å²) in [5.74, 6) is -0.274. The highest BCUT2D eigenvalue weighted by Gasteiger charge is 2.26. The van der Waals surface area contributed by atoms with Gasteiger partial charge in [0.2, 0.25) is 0 Å². The minimum atomic E-state index is -0.335. The van der Waals surface area contributed by atoms with Crippen molar-refractivity contribution in [3.63, 3.8) is 0 Å². The molecule has 2 rings (SSSR count). The number of carbonyl (C=O) groups is 1. The number of carbonyl (C=O) groups excluding carboxylic acids is 1. The van der Waals surface area contributed by atoms with Crippen LogP contribution in [0.25, 0.3) is 0 Å². The lowest BCUT2D eigenvalue weighted by atomic mass is 10.1. The van der Waals surface area contributed by atoms with E-state index in [2.05, 4.69) is 9.80 Å². The zero-order valence-corrected chi connectivity index (χ0v) is 13.3. The van der Waals surface area contributed by atoms with E-state index in [1.807, 2.05) is 13.0 Å². The lowest BCUT2D eigenvalue weighted by molar-refractivity contribution is -0.147. The Morgan fingerprint density at radius 2 is 1.95 bits per heavy atom. The lowest BCUT2D eigenvalue weighted by Gasteiger charge is -2.37. The predicted molar refractivity (Wildman–Crippen MR) is 81.3 cm³/mol. The first-order chi connectivity index (χ1) is 10.5. The normalized spacial score (nSPS) is 18.0. The third kappa shape index (κ3) is 3.96. The Bertz CT molecular complexity index is 516. The van der Waals surface area contributed by atoms with E-state index in [0.717, 1.165) is 31.7 Å². The number of benzene rings is 1. The molecule has 22 heavy (non-hydrogen) atoms. The molecule has 0 N–H and O–H groups in total. The van der Waals surface area contributed by atoms with Gasteiger partial charge in [0.25, 0.3) is 0 Å². The topological polar surface area (TPSA) is 42.0 Å². The Balaban J connectivity index is 1.87. The molecule has 1 aromatic rings. The SMILES string of the molecule is COC(=O)C(C)N1CCN(Cc2ccc(OC)c(F)c2)CC1. The largest absolute Gasteiger partial charge is 0.494 e. The van der Waals surface area contributed by atoms with E-state index >= 15 is 0 Å². The molecule has 0 amide bonds. The molecule has 0 bridgehead atoms. The van der Waals surface area contributed by atoms with Crippen LogP contribution in [0.4, 0.5) is 4.39 Å². The fourth-order valence-electron chi connectivity index (χ4n) is 2.69. The van der Waals surface area contributed by atoms with Crippen LogP contribution in [0.2, 0.25) is 0 Å². The van der Waals surface area contributed by atoms with Crippen molar-refractivity contribution in [2.24, 2.45) is 0 Å². The standard InChI is InChI=1S/C16H23FN2O3/c1-12(16(20)22-3)19-8-6-18(7-9-19)11-13-4-5-15(21-2)14(17)10-13/h4-5,10,12H,6-9,11H2,1-3H3. The third-order valence-electron chi connectivity index (χ3n) is 4.12. The molecule has 0 aliphatic carbocycles. The van der Waals surface area contributed by atoms with E-state index in [-0.39, 0.29) is 23.6 Å². The van der Waals surface area contributed by atoms with Crippen LogP contribution in [0.15, 0.2) is 18.2 Å². The predicted octanol–water partition coefficient (Wildman–Crippen LogP) is 1.51. The average molecular weight is 310 g/mol. The Morgan fingerprint density at radius 1 is 1.27 bits per heavy atom. The summed E-state index contributed by atoms with van der Waals surface area (Å²) >= 11 is 0. The fourth-order valence-corrected chi connectivity index (χ4v) is 2.69. The summed E-state index contributed by atoms with van der Waals surface area (Å²) in [6.07, 6.45) is 0. The molecule has 1 saturated heterocycles. The summed E-state index contributed by atoms with van der Waals surface area (Å²) in [5.41, 5.74) is 0.924. The van der Waals surface area contributed by atoms with E-state index in [4.69, 9.17) is 9.47 Å². The highest BCUT2D eigenvalue weighted by molar-refractivity contribution is 5.75. The lowest BCUT2D eigenvalue weighted by Crippen LogP contribution is -2.51. The molecule has 122 valence electrons. The molecule has 1 fully saturated rings. The van der Waals surface area contributed by atoms with Gasteiger partial charge in [0.1, 0.15) is 6.04 Å². The Hall–Kier alpha value is -1.66. The first kappa shape index (κ1) is 16.7. The van der Waals surface area contributed by atoms with Crippen LogP contribution in [-0.4, -0.2) is 62.2 Å². The molecule has 0 aromatic heterocycles. The number of halogens is 1. The van der Waals surface area contributed by atoms with Gasteiger partial charge in [-0.15, -0.1) is 0 Å². The monoisotopic (exact) mass is 310 g/mol. The van der Waals surface area contributed by atoms with Crippen LogP contribution in [0.5, 0.6) is 5.75 Å². The third-order valence-corrected chi connectivity index (χ3v) is 4.12. The highest BCUT2D eigenvalue weighted by atomic mass is 19.1. The number of nitrogens with zero attached hydrogens (tertiary/aromatic N) is 2. The molecule has 5 nitrogen and oxygen atoms in total. The van der Waals surface area contributed by atoms with Crippen LogP contribution < -0.4 is 4.74 Å². The second kappa shape index (κ2) is 7.56. The Labute approximate surface area is 130 Å². The molecular weight excluding hydrogens is 287 g/mol. The second-order valence-corrected chi connectivity index (χ2v) is 5.48. The molecule has 0 spiro atoms. The van der Waals surface area contributed by atoms with Gasteiger partial charge in [-0.25, -0.2) is 4.39 Å². The number of esters is 1. The van der Waals surface area contributed by atoms with Gasteiger partial charge in [-0.05, 0) is 24.6 Å². The molecule has 1 aromatic carbocycles. The summed E-state index contributed by atoms with van der Waals surface area (Å²) in [6.45, 7) is 5.84. The van der Waals surface area contributed by atoms with E-state index in [1.54, 1.807) is 6.07 Å². The summed E-state index contributed by atoms with van der Waals surface area (Å²) in [5, 5.41) is 0. The van der Waals surface area contributed by atoms with Crippen molar-refractivity contribution < 1.29 is 18.7 Å². The summed E-state index contributed by atoms with van der Waals surface area (Å²) in [4.78, 5) is 15.9. The first-order valence-electron chi connectivity index (χ1n) is 7.41. The van der Waals surface area contributed by atoms with E-state index in [0.29, 0.717) is 6.54 Å². The Morgan fingerprint density at radius 3 is 2.50 bits per heavy atom. The number of rotatable bonds is 5.